The van der Waals surface area contributed by atoms with Gasteiger partial charge in [0.05, 0.1) is 13.2 Å². The molecule has 0 saturated carbocycles. The van der Waals surface area contributed by atoms with Gasteiger partial charge in [0.1, 0.15) is 5.75 Å². The molecular formula is C25H34N2O2. The normalized spacial score (nSPS) is 15.9. The van der Waals surface area contributed by atoms with Crippen LogP contribution in [0.1, 0.15) is 67.1 Å². The van der Waals surface area contributed by atoms with Crippen LogP contribution in [0.15, 0.2) is 48.5 Å². The molecule has 1 aliphatic rings. The molecular weight excluding hydrogens is 360 g/mol. The van der Waals surface area contributed by atoms with Gasteiger partial charge in [0, 0.05) is 12.1 Å². The second kappa shape index (κ2) is 10.4. The first-order chi connectivity index (χ1) is 14.0. The zero-order valence-corrected chi connectivity index (χ0v) is 18.0. The summed E-state index contributed by atoms with van der Waals surface area (Å²) in [5.74, 6) is 1.29. The summed E-state index contributed by atoms with van der Waals surface area (Å²) in [6.07, 6.45) is 4.83. The maximum Gasteiger partial charge on any atom is 0.251 e. The number of nitrogens with one attached hydrogen (secondary N) is 1. The molecule has 3 rings (SSSR count). The molecule has 1 atom stereocenters. The molecule has 0 bridgehead atoms. The highest BCUT2D eigenvalue weighted by molar-refractivity contribution is 5.94. The van der Waals surface area contributed by atoms with E-state index in [1.807, 2.05) is 36.4 Å². The quantitative estimate of drug-likeness (QED) is 0.669. The summed E-state index contributed by atoms with van der Waals surface area (Å²) in [7, 11) is 1.66. The van der Waals surface area contributed by atoms with Crippen LogP contribution in [0, 0.1) is 5.92 Å². The standard InChI is InChI=1S/C25H34N2O2/c1-19(2)17-24(21-11-13-23(29-3)14-12-21)26-25(28)22-9-7-20(8-10-22)18-27-15-5-4-6-16-27/h7-14,19,24H,4-6,15-18H2,1-3H3,(H,26,28)/t24-/m1/s1. The van der Waals surface area contributed by atoms with E-state index in [4.69, 9.17) is 4.74 Å². The summed E-state index contributed by atoms with van der Waals surface area (Å²) < 4.78 is 5.26. The number of nitrogens with zero attached hydrogens (tertiary/aromatic N) is 1. The number of piperidine rings is 1. The van der Waals surface area contributed by atoms with Crippen molar-refractivity contribution in [1.82, 2.24) is 10.2 Å². The molecule has 0 aromatic heterocycles. The van der Waals surface area contributed by atoms with Crippen molar-refractivity contribution >= 4 is 5.91 Å². The van der Waals surface area contributed by atoms with Crippen LogP contribution in [0.25, 0.3) is 0 Å². The Morgan fingerprint density at radius 1 is 1.00 bits per heavy atom. The monoisotopic (exact) mass is 394 g/mol. The molecule has 0 unspecified atom stereocenters. The lowest BCUT2D eigenvalue weighted by molar-refractivity contribution is 0.0932. The lowest BCUT2D eigenvalue weighted by atomic mass is 9.96. The molecule has 4 nitrogen and oxygen atoms in total. The van der Waals surface area contributed by atoms with Gasteiger partial charge >= 0.3 is 0 Å². The van der Waals surface area contributed by atoms with Crippen molar-refractivity contribution in [3.8, 4) is 5.75 Å². The molecule has 0 aliphatic carbocycles. The van der Waals surface area contributed by atoms with Crippen molar-refractivity contribution in [1.29, 1.82) is 0 Å². The summed E-state index contributed by atoms with van der Waals surface area (Å²) in [6, 6.07) is 16.0. The summed E-state index contributed by atoms with van der Waals surface area (Å²) in [4.78, 5) is 15.4. The molecule has 1 aliphatic heterocycles. The lowest BCUT2D eigenvalue weighted by Gasteiger charge is -2.26. The average molecular weight is 395 g/mol. The molecule has 156 valence electrons. The molecule has 0 radical (unpaired) electrons. The van der Waals surface area contributed by atoms with Crippen molar-refractivity contribution in [3.63, 3.8) is 0 Å². The van der Waals surface area contributed by atoms with Gasteiger partial charge in [0.15, 0.2) is 0 Å². The summed E-state index contributed by atoms with van der Waals surface area (Å²) >= 11 is 0. The number of rotatable bonds is 8. The fourth-order valence-electron chi connectivity index (χ4n) is 3.96. The van der Waals surface area contributed by atoms with E-state index in [2.05, 4.69) is 36.2 Å². The van der Waals surface area contributed by atoms with Gasteiger partial charge in [0.25, 0.3) is 5.91 Å². The Hall–Kier alpha value is -2.33. The smallest absolute Gasteiger partial charge is 0.251 e. The van der Waals surface area contributed by atoms with Crippen LogP contribution < -0.4 is 10.1 Å². The fraction of sp³-hybridized carbons (Fsp3) is 0.480. The number of hydrogen-bond donors (Lipinski definition) is 1. The summed E-state index contributed by atoms with van der Waals surface area (Å²) in [6.45, 7) is 7.70. The SMILES string of the molecule is COc1ccc([C@@H](CC(C)C)NC(=O)c2ccc(CN3CCCCC3)cc2)cc1. The zero-order valence-electron chi connectivity index (χ0n) is 18.0. The second-order valence-corrected chi connectivity index (χ2v) is 8.46. The van der Waals surface area contributed by atoms with Crippen molar-refractivity contribution in [3.05, 3.63) is 65.2 Å². The van der Waals surface area contributed by atoms with Gasteiger partial charge in [-0.3, -0.25) is 9.69 Å². The summed E-state index contributed by atoms with van der Waals surface area (Å²) in [5, 5.41) is 3.23. The predicted octanol–water partition coefficient (Wildman–Crippen LogP) is 5.20. The van der Waals surface area contributed by atoms with Gasteiger partial charge in [-0.05, 0) is 73.7 Å². The van der Waals surface area contributed by atoms with E-state index in [1.165, 1.54) is 37.9 Å². The molecule has 1 saturated heterocycles. The molecule has 1 amide bonds. The van der Waals surface area contributed by atoms with Crippen LogP contribution in [-0.4, -0.2) is 31.0 Å². The lowest BCUT2D eigenvalue weighted by Crippen LogP contribution is -2.30. The molecule has 1 heterocycles. The average Bonchev–Trinajstić information content (AvgIpc) is 2.74. The Morgan fingerprint density at radius 2 is 1.66 bits per heavy atom. The van der Waals surface area contributed by atoms with Gasteiger partial charge in [-0.15, -0.1) is 0 Å². The number of likely N-dealkylation sites (tertiary alicyclic amines) is 1. The zero-order chi connectivity index (χ0) is 20.6. The van der Waals surface area contributed by atoms with Gasteiger partial charge < -0.3 is 10.1 Å². The van der Waals surface area contributed by atoms with E-state index >= 15 is 0 Å². The molecule has 2 aromatic carbocycles. The minimum Gasteiger partial charge on any atom is -0.497 e. The molecule has 2 aromatic rings. The predicted molar refractivity (Wildman–Crippen MR) is 118 cm³/mol. The Bertz CT molecular complexity index is 762. The number of hydrogen-bond acceptors (Lipinski definition) is 3. The van der Waals surface area contributed by atoms with Crippen LogP contribution in [0.2, 0.25) is 0 Å². The molecule has 1 N–H and O–H groups in total. The first-order valence-electron chi connectivity index (χ1n) is 10.8. The van der Waals surface area contributed by atoms with Crippen LogP contribution >= 0.6 is 0 Å². The van der Waals surface area contributed by atoms with Crippen LogP contribution in [-0.2, 0) is 6.54 Å². The maximum absolute atomic E-state index is 12.9. The number of carbonyl (C=O) groups is 1. The van der Waals surface area contributed by atoms with E-state index < -0.39 is 0 Å². The van der Waals surface area contributed by atoms with E-state index in [0.29, 0.717) is 5.92 Å². The van der Waals surface area contributed by atoms with E-state index in [1.54, 1.807) is 7.11 Å². The van der Waals surface area contributed by atoms with Crippen LogP contribution in [0.5, 0.6) is 5.75 Å². The van der Waals surface area contributed by atoms with Gasteiger partial charge in [0.2, 0.25) is 0 Å². The third-order valence-electron chi connectivity index (χ3n) is 5.60. The molecule has 4 heteroatoms. The minimum atomic E-state index is -0.0176. The highest BCUT2D eigenvalue weighted by atomic mass is 16.5. The highest BCUT2D eigenvalue weighted by Gasteiger charge is 2.18. The third-order valence-corrected chi connectivity index (χ3v) is 5.60. The Balaban J connectivity index is 1.64. The number of amides is 1. The molecule has 0 spiro atoms. The van der Waals surface area contributed by atoms with Crippen molar-refractivity contribution < 1.29 is 9.53 Å². The van der Waals surface area contributed by atoms with Gasteiger partial charge in [-0.2, -0.15) is 0 Å². The van der Waals surface area contributed by atoms with Crippen molar-refractivity contribution in [2.24, 2.45) is 5.92 Å². The van der Waals surface area contributed by atoms with Gasteiger partial charge in [-0.25, -0.2) is 0 Å². The second-order valence-electron chi connectivity index (χ2n) is 8.46. The Morgan fingerprint density at radius 3 is 2.24 bits per heavy atom. The van der Waals surface area contributed by atoms with E-state index in [0.717, 1.165) is 29.8 Å². The Labute approximate surface area is 175 Å². The van der Waals surface area contributed by atoms with Crippen molar-refractivity contribution in [2.45, 2.75) is 52.1 Å². The van der Waals surface area contributed by atoms with Crippen LogP contribution in [0.4, 0.5) is 0 Å². The number of carbonyl (C=O) groups excluding carboxylic acids is 1. The topological polar surface area (TPSA) is 41.6 Å². The highest BCUT2D eigenvalue weighted by Crippen LogP contribution is 2.24. The Kier molecular flexibility index (Phi) is 7.70. The third kappa shape index (κ3) is 6.33. The van der Waals surface area contributed by atoms with Crippen molar-refractivity contribution in [2.75, 3.05) is 20.2 Å². The minimum absolute atomic E-state index is 0.0126. The van der Waals surface area contributed by atoms with E-state index in [9.17, 15) is 4.79 Å². The first kappa shape index (κ1) is 21.4. The molecule has 29 heavy (non-hydrogen) atoms. The summed E-state index contributed by atoms with van der Waals surface area (Å²) in [5.41, 5.74) is 3.10. The number of methoxy groups -OCH3 is 1. The largest absolute Gasteiger partial charge is 0.497 e. The van der Waals surface area contributed by atoms with E-state index in [-0.39, 0.29) is 11.9 Å². The molecule has 1 fully saturated rings. The van der Waals surface area contributed by atoms with Crippen LogP contribution in [0.3, 0.4) is 0 Å². The fourth-order valence-corrected chi connectivity index (χ4v) is 3.96. The number of benzene rings is 2. The first-order valence-corrected chi connectivity index (χ1v) is 10.8. The maximum atomic E-state index is 12.9. The number of ether oxygens (including phenoxy) is 1. The van der Waals surface area contributed by atoms with Gasteiger partial charge in [-0.1, -0.05) is 44.5 Å².